The topological polar surface area (TPSA) is 174 Å². The smallest absolute Gasteiger partial charge is 0.324 e. The van der Waals surface area contributed by atoms with Gasteiger partial charge in [0.15, 0.2) is 11.7 Å². The van der Waals surface area contributed by atoms with E-state index in [1.807, 2.05) is 0 Å². The van der Waals surface area contributed by atoms with Crippen molar-refractivity contribution in [2.24, 2.45) is 22.2 Å². The maximum atomic E-state index is 12.3. The fourth-order valence-corrected chi connectivity index (χ4v) is 2.34. The lowest BCUT2D eigenvalue weighted by molar-refractivity contribution is -0.875. The van der Waals surface area contributed by atoms with Crippen LogP contribution in [0.15, 0.2) is 4.99 Å². The summed E-state index contributed by atoms with van der Waals surface area (Å²) >= 11 is 0. The molecule has 0 spiro atoms. The fourth-order valence-electron chi connectivity index (χ4n) is 2.34. The second-order valence-electron chi connectivity index (χ2n) is 7.02. The van der Waals surface area contributed by atoms with Crippen molar-refractivity contribution in [3.8, 4) is 0 Å². The summed E-state index contributed by atoms with van der Waals surface area (Å²) in [4.78, 5) is 39.2. The molecule has 0 aliphatic rings. The Balaban J connectivity index is 0. The van der Waals surface area contributed by atoms with Crippen molar-refractivity contribution in [3.05, 3.63) is 0 Å². The molecule has 0 saturated carbocycles. The first-order chi connectivity index (χ1) is 11.3. The van der Waals surface area contributed by atoms with Gasteiger partial charge in [-0.3, -0.25) is 14.6 Å². The number of halogens is 1. The maximum Gasteiger partial charge on any atom is 0.324 e. The van der Waals surface area contributed by atoms with Crippen molar-refractivity contribution >= 4 is 36.1 Å². The van der Waals surface area contributed by atoms with Gasteiger partial charge in [0, 0.05) is 18.9 Å². The summed E-state index contributed by atoms with van der Waals surface area (Å²) in [5.74, 6) is -2.98. The van der Waals surface area contributed by atoms with Crippen LogP contribution >= 0.6 is 12.4 Å². The molecule has 152 valence electrons. The molecule has 6 N–H and O–H groups in total. The van der Waals surface area contributed by atoms with E-state index in [2.05, 4.69) is 4.99 Å². The number of hydrogen-bond acceptors (Lipinski definition) is 7. The van der Waals surface area contributed by atoms with Crippen LogP contribution in [0.2, 0.25) is 0 Å². The Morgan fingerprint density at radius 3 is 2.15 bits per heavy atom. The lowest BCUT2D eigenvalue weighted by Crippen LogP contribution is -2.58. The number of nitrogens with two attached hydrogens (primary N) is 3. The third-order valence-corrected chi connectivity index (χ3v) is 3.37. The summed E-state index contributed by atoms with van der Waals surface area (Å²) in [5, 5.41) is 11.1. The van der Waals surface area contributed by atoms with E-state index in [-0.39, 0.29) is 35.8 Å². The largest absolute Gasteiger partial charge is 0.550 e. The molecule has 11 heteroatoms. The van der Waals surface area contributed by atoms with E-state index in [0.29, 0.717) is 13.0 Å². The number of nitrogens with zero attached hydrogens (tertiary/aromatic N) is 2. The molecule has 0 fully saturated rings. The molecule has 0 aromatic heterocycles. The predicted molar refractivity (Wildman–Crippen MR) is 97.2 cm³/mol. The number of carbonyl (C=O) groups excluding carboxylic acids is 3. The van der Waals surface area contributed by atoms with Gasteiger partial charge < -0.3 is 36.3 Å². The molecular weight excluding hydrogens is 366 g/mol. The molecule has 0 heterocycles. The molecule has 0 amide bonds. The molecule has 0 radical (unpaired) electrons. The normalized spacial score (nSPS) is 14.3. The number of rotatable bonds is 11. The Bertz CT molecular complexity index is 531. The van der Waals surface area contributed by atoms with Gasteiger partial charge >= 0.3 is 5.97 Å². The summed E-state index contributed by atoms with van der Waals surface area (Å²) < 4.78 is 5.50. The number of esters is 1. The number of carboxylic acid groups (broad SMARTS) is 1. The SMILES string of the molecule is CC(=O)[C@@](CC(=O)[O-])(C[N+](C)(C)C)OC(=O)[C@@H](N)CCCN=C(N)N.Cl. The Labute approximate surface area is 159 Å². The molecule has 26 heavy (non-hydrogen) atoms. The number of hydrogen-bond donors (Lipinski definition) is 3. The summed E-state index contributed by atoms with van der Waals surface area (Å²) in [5.41, 5.74) is 14.3. The number of Topliss-reactive ketones (excluding diaryl/α,β-unsaturated/α-hetero) is 1. The van der Waals surface area contributed by atoms with Crippen molar-refractivity contribution in [3.63, 3.8) is 0 Å². The summed E-state index contributed by atoms with van der Waals surface area (Å²) in [6.07, 6.45) is -0.0827. The standard InChI is InChI=1S/C15H29N5O5.ClH/c1-10(21)15(8-12(22)23,9-20(2,3)4)25-13(24)11(16)6-5-7-19-14(17)18;/h11H,5-9,16H2,1-4H3,(H4-,17,18,19,22,23);1H/t11-,15+;/m0./s1. The zero-order valence-corrected chi connectivity index (χ0v) is 16.5. The molecule has 0 saturated heterocycles. The second-order valence-corrected chi connectivity index (χ2v) is 7.02. The van der Waals surface area contributed by atoms with Crippen LogP contribution in [0, 0.1) is 0 Å². The van der Waals surface area contributed by atoms with Crippen LogP contribution in [0.25, 0.3) is 0 Å². The lowest BCUT2D eigenvalue weighted by Gasteiger charge is -2.37. The first-order valence-electron chi connectivity index (χ1n) is 7.84. The quantitative estimate of drug-likeness (QED) is 0.113. The Hall–Kier alpha value is -1.91. The number of ether oxygens (including phenoxy) is 1. The average Bonchev–Trinajstić information content (AvgIpc) is 2.39. The molecule has 0 aliphatic carbocycles. The minimum absolute atomic E-state index is 0. The number of aliphatic imine (C=N–C) groups is 1. The molecule has 0 rings (SSSR count). The maximum absolute atomic E-state index is 12.3. The van der Waals surface area contributed by atoms with Crippen molar-refractivity contribution in [2.45, 2.75) is 37.8 Å². The Morgan fingerprint density at radius 1 is 1.23 bits per heavy atom. The number of guanidine groups is 1. The molecule has 2 atom stereocenters. The number of carboxylic acids is 1. The van der Waals surface area contributed by atoms with Crippen LogP contribution in [0.3, 0.4) is 0 Å². The zero-order valence-electron chi connectivity index (χ0n) is 15.7. The predicted octanol–water partition coefficient (Wildman–Crippen LogP) is -2.49. The van der Waals surface area contributed by atoms with Gasteiger partial charge in [-0.15, -0.1) is 12.4 Å². The van der Waals surface area contributed by atoms with Gasteiger partial charge in [-0.25, -0.2) is 0 Å². The number of carbonyl (C=O) groups is 3. The van der Waals surface area contributed by atoms with Crippen LogP contribution in [0.4, 0.5) is 0 Å². The average molecular weight is 396 g/mol. The number of quaternary nitrogens is 1. The van der Waals surface area contributed by atoms with Gasteiger partial charge in [-0.2, -0.15) is 0 Å². The van der Waals surface area contributed by atoms with Crippen LogP contribution in [-0.2, 0) is 19.1 Å². The third kappa shape index (κ3) is 10.2. The van der Waals surface area contributed by atoms with E-state index in [4.69, 9.17) is 21.9 Å². The van der Waals surface area contributed by atoms with E-state index in [1.54, 1.807) is 21.1 Å². The van der Waals surface area contributed by atoms with Crippen molar-refractivity contribution in [1.82, 2.24) is 0 Å². The molecule has 0 aromatic rings. The molecule has 0 bridgehead atoms. The highest BCUT2D eigenvalue weighted by Crippen LogP contribution is 2.22. The molecule has 0 unspecified atom stereocenters. The van der Waals surface area contributed by atoms with Gasteiger partial charge in [0.05, 0.1) is 21.1 Å². The third-order valence-electron chi connectivity index (χ3n) is 3.37. The highest BCUT2D eigenvalue weighted by atomic mass is 35.5. The lowest BCUT2D eigenvalue weighted by atomic mass is 9.93. The van der Waals surface area contributed by atoms with E-state index in [9.17, 15) is 19.5 Å². The van der Waals surface area contributed by atoms with Crippen molar-refractivity contribution < 1.29 is 28.7 Å². The van der Waals surface area contributed by atoms with Gasteiger partial charge in [0.1, 0.15) is 12.6 Å². The molecular formula is C15H30ClN5O5. The van der Waals surface area contributed by atoms with Crippen LogP contribution in [0.5, 0.6) is 0 Å². The Morgan fingerprint density at radius 2 is 1.77 bits per heavy atom. The Kier molecular flexibility index (Phi) is 11.1. The minimum Gasteiger partial charge on any atom is -0.550 e. The number of likely N-dealkylation sites (N-methyl/N-ethyl adjacent to an activating group) is 1. The van der Waals surface area contributed by atoms with Crippen LogP contribution in [-0.4, -0.2) is 74.0 Å². The summed E-state index contributed by atoms with van der Waals surface area (Å²) in [6.45, 7) is 1.44. The summed E-state index contributed by atoms with van der Waals surface area (Å²) in [6, 6.07) is -1.03. The van der Waals surface area contributed by atoms with E-state index in [0.717, 1.165) is 0 Å². The van der Waals surface area contributed by atoms with Crippen molar-refractivity contribution in [2.75, 3.05) is 34.2 Å². The van der Waals surface area contributed by atoms with Crippen LogP contribution in [0.1, 0.15) is 26.2 Å². The molecule has 0 aromatic carbocycles. The second kappa shape index (κ2) is 10.9. The monoisotopic (exact) mass is 395 g/mol. The summed E-state index contributed by atoms with van der Waals surface area (Å²) in [7, 11) is 5.24. The fraction of sp³-hybridized carbons (Fsp3) is 0.733. The number of ketones is 1. The van der Waals surface area contributed by atoms with Crippen molar-refractivity contribution in [1.29, 1.82) is 0 Å². The van der Waals surface area contributed by atoms with Gasteiger partial charge in [-0.1, -0.05) is 0 Å². The van der Waals surface area contributed by atoms with E-state index < -0.39 is 35.8 Å². The van der Waals surface area contributed by atoms with Gasteiger partial charge in [0.25, 0.3) is 0 Å². The highest BCUT2D eigenvalue weighted by molar-refractivity contribution is 5.92. The van der Waals surface area contributed by atoms with E-state index >= 15 is 0 Å². The number of aliphatic carboxylic acids is 1. The first-order valence-corrected chi connectivity index (χ1v) is 7.84. The zero-order chi connectivity index (χ0) is 19.8. The van der Waals surface area contributed by atoms with E-state index in [1.165, 1.54) is 6.92 Å². The molecule has 10 nitrogen and oxygen atoms in total. The van der Waals surface area contributed by atoms with Crippen LogP contribution < -0.4 is 22.3 Å². The highest BCUT2D eigenvalue weighted by Gasteiger charge is 2.45. The first kappa shape index (κ1) is 26.3. The molecule has 0 aliphatic heterocycles. The van der Waals surface area contributed by atoms with Gasteiger partial charge in [-0.05, 0) is 19.8 Å². The van der Waals surface area contributed by atoms with Gasteiger partial charge in [0.2, 0.25) is 5.60 Å². The minimum atomic E-state index is -1.83.